The fourth-order valence-electron chi connectivity index (χ4n) is 2.57. The largest absolute Gasteiger partial charge is 0.492 e. The molecule has 5 heteroatoms. The first-order valence-corrected chi connectivity index (χ1v) is 8.02. The molecule has 1 amide bonds. The first kappa shape index (κ1) is 16.1. The minimum absolute atomic E-state index is 0.00518. The summed E-state index contributed by atoms with van der Waals surface area (Å²) in [5.41, 5.74) is 0.644. The molecule has 1 saturated heterocycles. The SMILES string of the molecule is CCOc1ccc(Cl)cc1NC(=O)CCC1CCCCN1. The first-order chi connectivity index (χ1) is 10.2. The van der Waals surface area contributed by atoms with E-state index in [1.54, 1.807) is 18.2 Å². The molecule has 116 valence electrons. The molecule has 2 rings (SSSR count). The molecule has 1 aliphatic heterocycles. The Labute approximate surface area is 131 Å². The molecule has 1 aromatic rings. The van der Waals surface area contributed by atoms with E-state index in [1.165, 1.54) is 12.8 Å². The van der Waals surface area contributed by atoms with E-state index in [0.717, 1.165) is 19.4 Å². The van der Waals surface area contributed by atoms with Crippen molar-refractivity contribution in [2.24, 2.45) is 0 Å². The van der Waals surface area contributed by atoms with Crippen molar-refractivity contribution in [3.63, 3.8) is 0 Å². The molecule has 1 atom stereocenters. The van der Waals surface area contributed by atoms with Gasteiger partial charge in [0, 0.05) is 17.5 Å². The standard InChI is InChI=1S/C16H23ClN2O2/c1-2-21-15-8-6-12(17)11-14(15)19-16(20)9-7-13-5-3-4-10-18-13/h6,8,11,13,18H,2-5,7,9-10H2,1H3,(H,19,20). The Morgan fingerprint density at radius 3 is 3.05 bits per heavy atom. The molecule has 1 heterocycles. The second-order valence-electron chi connectivity index (χ2n) is 5.31. The highest BCUT2D eigenvalue weighted by molar-refractivity contribution is 6.31. The number of ether oxygens (including phenoxy) is 1. The number of halogens is 1. The van der Waals surface area contributed by atoms with Crippen LogP contribution in [0.1, 0.15) is 39.0 Å². The summed E-state index contributed by atoms with van der Waals surface area (Å²) in [6, 6.07) is 5.73. The third-order valence-electron chi connectivity index (χ3n) is 3.65. The molecule has 1 fully saturated rings. The van der Waals surface area contributed by atoms with Gasteiger partial charge in [0.2, 0.25) is 5.91 Å². The number of piperidine rings is 1. The monoisotopic (exact) mass is 310 g/mol. The number of rotatable bonds is 6. The van der Waals surface area contributed by atoms with E-state index in [-0.39, 0.29) is 5.91 Å². The summed E-state index contributed by atoms with van der Waals surface area (Å²) < 4.78 is 5.50. The van der Waals surface area contributed by atoms with Crippen LogP contribution in [0.2, 0.25) is 5.02 Å². The van der Waals surface area contributed by atoms with E-state index < -0.39 is 0 Å². The molecular formula is C16H23ClN2O2. The molecule has 1 aromatic carbocycles. The Bertz CT molecular complexity index is 473. The fourth-order valence-corrected chi connectivity index (χ4v) is 2.74. The van der Waals surface area contributed by atoms with Gasteiger partial charge in [-0.3, -0.25) is 4.79 Å². The minimum Gasteiger partial charge on any atom is -0.492 e. The summed E-state index contributed by atoms with van der Waals surface area (Å²) in [7, 11) is 0. The first-order valence-electron chi connectivity index (χ1n) is 7.64. The van der Waals surface area contributed by atoms with Crippen LogP contribution in [0.4, 0.5) is 5.69 Å². The van der Waals surface area contributed by atoms with E-state index in [2.05, 4.69) is 10.6 Å². The van der Waals surface area contributed by atoms with E-state index in [0.29, 0.717) is 35.5 Å². The Kier molecular flexibility index (Phi) is 6.33. The molecule has 21 heavy (non-hydrogen) atoms. The zero-order valence-corrected chi connectivity index (χ0v) is 13.2. The van der Waals surface area contributed by atoms with Gasteiger partial charge in [-0.2, -0.15) is 0 Å². The van der Waals surface area contributed by atoms with Crippen LogP contribution in [0.25, 0.3) is 0 Å². The van der Waals surface area contributed by atoms with Crippen LogP contribution in [-0.4, -0.2) is 25.1 Å². The van der Waals surface area contributed by atoms with Gasteiger partial charge in [0.05, 0.1) is 12.3 Å². The van der Waals surface area contributed by atoms with Crippen molar-refractivity contribution >= 4 is 23.2 Å². The van der Waals surface area contributed by atoms with Crippen molar-refractivity contribution in [1.82, 2.24) is 5.32 Å². The van der Waals surface area contributed by atoms with Gasteiger partial charge >= 0.3 is 0 Å². The quantitative estimate of drug-likeness (QED) is 0.844. The van der Waals surface area contributed by atoms with E-state index in [1.807, 2.05) is 6.92 Å². The lowest BCUT2D eigenvalue weighted by Gasteiger charge is -2.23. The smallest absolute Gasteiger partial charge is 0.224 e. The molecule has 1 aliphatic rings. The highest BCUT2D eigenvalue weighted by Crippen LogP contribution is 2.28. The van der Waals surface area contributed by atoms with Gasteiger partial charge in [-0.15, -0.1) is 0 Å². The van der Waals surface area contributed by atoms with Crippen LogP contribution in [-0.2, 0) is 4.79 Å². The van der Waals surface area contributed by atoms with Gasteiger partial charge in [-0.05, 0) is 50.9 Å². The van der Waals surface area contributed by atoms with Crippen LogP contribution >= 0.6 is 11.6 Å². The Morgan fingerprint density at radius 1 is 1.48 bits per heavy atom. The number of hydrogen-bond acceptors (Lipinski definition) is 3. The van der Waals surface area contributed by atoms with Gasteiger partial charge in [0.15, 0.2) is 0 Å². The topological polar surface area (TPSA) is 50.4 Å². The van der Waals surface area contributed by atoms with E-state index in [9.17, 15) is 4.79 Å². The number of carbonyl (C=O) groups excluding carboxylic acids is 1. The average Bonchev–Trinajstić information content (AvgIpc) is 2.49. The van der Waals surface area contributed by atoms with Crippen molar-refractivity contribution in [2.45, 2.75) is 45.1 Å². The molecule has 0 bridgehead atoms. The molecule has 4 nitrogen and oxygen atoms in total. The second kappa shape index (κ2) is 8.25. The van der Waals surface area contributed by atoms with Crippen LogP contribution < -0.4 is 15.4 Å². The van der Waals surface area contributed by atoms with Gasteiger partial charge in [-0.1, -0.05) is 18.0 Å². The molecule has 2 N–H and O–H groups in total. The lowest BCUT2D eigenvalue weighted by molar-refractivity contribution is -0.116. The van der Waals surface area contributed by atoms with Gasteiger partial charge in [0.25, 0.3) is 0 Å². The van der Waals surface area contributed by atoms with Crippen molar-refractivity contribution in [3.8, 4) is 5.75 Å². The number of hydrogen-bond donors (Lipinski definition) is 2. The molecule has 0 aliphatic carbocycles. The maximum Gasteiger partial charge on any atom is 0.224 e. The highest BCUT2D eigenvalue weighted by atomic mass is 35.5. The average molecular weight is 311 g/mol. The fraction of sp³-hybridized carbons (Fsp3) is 0.562. The second-order valence-corrected chi connectivity index (χ2v) is 5.74. The van der Waals surface area contributed by atoms with Crippen molar-refractivity contribution in [1.29, 1.82) is 0 Å². The van der Waals surface area contributed by atoms with Crippen molar-refractivity contribution < 1.29 is 9.53 Å². The van der Waals surface area contributed by atoms with Crippen molar-refractivity contribution in [2.75, 3.05) is 18.5 Å². The van der Waals surface area contributed by atoms with E-state index >= 15 is 0 Å². The number of nitrogens with one attached hydrogen (secondary N) is 2. The molecule has 0 radical (unpaired) electrons. The van der Waals surface area contributed by atoms with Crippen LogP contribution in [0.5, 0.6) is 5.75 Å². The van der Waals surface area contributed by atoms with Gasteiger partial charge in [0.1, 0.15) is 5.75 Å². The van der Waals surface area contributed by atoms with Gasteiger partial charge in [-0.25, -0.2) is 0 Å². The summed E-state index contributed by atoms with van der Waals surface area (Å²) in [5.74, 6) is 0.664. The molecule has 0 aromatic heterocycles. The number of carbonyl (C=O) groups is 1. The lowest BCUT2D eigenvalue weighted by Crippen LogP contribution is -2.34. The number of anilines is 1. The highest BCUT2D eigenvalue weighted by Gasteiger charge is 2.15. The van der Waals surface area contributed by atoms with Gasteiger partial charge < -0.3 is 15.4 Å². The zero-order chi connectivity index (χ0) is 15.1. The van der Waals surface area contributed by atoms with E-state index in [4.69, 9.17) is 16.3 Å². The maximum atomic E-state index is 12.1. The number of benzene rings is 1. The third-order valence-corrected chi connectivity index (χ3v) is 3.88. The Hall–Kier alpha value is -1.26. The lowest BCUT2D eigenvalue weighted by atomic mass is 10.0. The third kappa shape index (κ3) is 5.21. The van der Waals surface area contributed by atoms with Crippen molar-refractivity contribution in [3.05, 3.63) is 23.2 Å². The predicted molar refractivity (Wildman–Crippen MR) is 86.1 cm³/mol. The summed E-state index contributed by atoms with van der Waals surface area (Å²) >= 11 is 5.98. The Morgan fingerprint density at radius 2 is 2.33 bits per heavy atom. The Balaban J connectivity index is 1.87. The summed E-state index contributed by atoms with van der Waals surface area (Å²) in [5, 5.41) is 6.94. The minimum atomic E-state index is 0.00518. The summed E-state index contributed by atoms with van der Waals surface area (Å²) in [6.07, 6.45) is 5.03. The molecule has 1 unspecified atom stereocenters. The molecule has 0 saturated carbocycles. The summed E-state index contributed by atoms with van der Waals surface area (Å²) in [4.78, 5) is 12.1. The predicted octanol–water partition coefficient (Wildman–Crippen LogP) is 3.60. The van der Waals surface area contributed by atoms with Crippen LogP contribution in [0.15, 0.2) is 18.2 Å². The normalized spacial score (nSPS) is 18.3. The van der Waals surface area contributed by atoms with Crippen LogP contribution in [0, 0.1) is 0 Å². The van der Waals surface area contributed by atoms with Crippen LogP contribution in [0.3, 0.4) is 0 Å². The maximum absolute atomic E-state index is 12.1. The summed E-state index contributed by atoms with van der Waals surface area (Å²) in [6.45, 7) is 3.53. The number of amides is 1. The molecule has 0 spiro atoms. The molecular weight excluding hydrogens is 288 g/mol. The zero-order valence-electron chi connectivity index (χ0n) is 12.5.